The number of nitrogens with one attached hydrogen (secondary N) is 4. The Kier molecular flexibility index (Phi) is 7.85. The van der Waals surface area contributed by atoms with Crippen molar-refractivity contribution in [1.82, 2.24) is 0 Å². The zero-order valence-electron chi connectivity index (χ0n) is 17.6. The van der Waals surface area contributed by atoms with Crippen molar-refractivity contribution < 1.29 is 19.4 Å². The third-order valence-electron chi connectivity index (χ3n) is 5.80. The summed E-state index contributed by atoms with van der Waals surface area (Å²) in [6.45, 7) is 7.97. The molecule has 0 saturated carbocycles. The number of quaternary nitrogens is 2. The molecule has 2 amide bonds. The van der Waals surface area contributed by atoms with Crippen molar-refractivity contribution >= 4 is 34.8 Å². The van der Waals surface area contributed by atoms with Gasteiger partial charge in [0, 0.05) is 16.4 Å². The molecule has 0 bridgehead atoms. The Morgan fingerprint density at radius 3 is 2.33 bits per heavy atom. The third kappa shape index (κ3) is 6.05. The summed E-state index contributed by atoms with van der Waals surface area (Å²) in [5.74, 6) is 0.0487. The van der Waals surface area contributed by atoms with Gasteiger partial charge in [0.25, 0.3) is 11.8 Å². The number of amides is 2. The van der Waals surface area contributed by atoms with E-state index < -0.39 is 0 Å². The molecule has 1 atom stereocenters. The lowest BCUT2D eigenvalue weighted by Crippen LogP contribution is -3.30. The van der Waals surface area contributed by atoms with Crippen LogP contribution in [-0.4, -0.2) is 50.6 Å². The van der Waals surface area contributed by atoms with E-state index in [2.05, 4.69) is 17.6 Å². The van der Waals surface area contributed by atoms with Gasteiger partial charge in [0.05, 0.1) is 0 Å². The molecule has 160 valence electrons. The first kappa shape index (κ1) is 22.3. The van der Waals surface area contributed by atoms with Crippen LogP contribution in [-0.2, 0) is 16.0 Å². The summed E-state index contributed by atoms with van der Waals surface area (Å²) in [6, 6.07) is 14.9. The van der Waals surface area contributed by atoms with Gasteiger partial charge in [-0.05, 0) is 49.2 Å². The Morgan fingerprint density at radius 2 is 1.67 bits per heavy atom. The first-order chi connectivity index (χ1) is 14.5. The van der Waals surface area contributed by atoms with E-state index in [-0.39, 0.29) is 17.9 Å². The third-order valence-corrected chi connectivity index (χ3v) is 6.05. The molecule has 2 aromatic rings. The maximum Gasteiger partial charge on any atom is 0.282 e. The number of carbonyl (C=O) groups is 2. The summed E-state index contributed by atoms with van der Waals surface area (Å²) in [5.41, 5.74) is 2.81. The molecule has 1 aliphatic heterocycles. The van der Waals surface area contributed by atoms with E-state index in [0.717, 1.165) is 49.5 Å². The maximum absolute atomic E-state index is 12.6. The number of benzene rings is 2. The molecule has 0 aromatic heterocycles. The number of rotatable bonds is 7. The standard InChI is InChI=1S/C23H29ClN4O2/c1-3-18-6-4-5-7-21(18)26-22(29)16-27-12-14-28(15-13-27)17(2)23(30)25-20-10-8-19(24)9-11-20/h4-11,17H,3,12-16H2,1-2H3,(H,25,30)(H,26,29)/p+2/t17-/m1/s1. The largest absolute Gasteiger partial charge is 0.321 e. The first-order valence-corrected chi connectivity index (χ1v) is 11.0. The van der Waals surface area contributed by atoms with E-state index in [1.807, 2.05) is 31.2 Å². The zero-order chi connectivity index (χ0) is 21.5. The molecule has 1 aliphatic rings. The highest BCUT2D eigenvalue weighted by atomic mass is 35.5. The molecule has 2 aromatic carbocycles. The molecule has 1 saturated heterocycles. The molecule has 0 unspecified atom stereocenters. The molecule has 1 fully saturated rings. The van der Waals surface area contributed by atoms with Crippen molar-refractivity contribution in [2.24, 2.45) is 0 Å². The van der Waals surface area contributed by atoms with E-state index >= 15 is 0 Å². The van der Waals surface area contributed by atoms with Gasteiger partial charge in [-0.2, -0.15) is 0 Å². The Morgan fingerprint density at radius 1 is 1.00 bits per heavy atom. The molecule has 0 aliphatic carbocycles. The molecule has 30 heavy (non-hydrogen) atoms. The van der Waals surface area contributed by atoms with Crippen LogP contribution in [0.3, 0.4) is 0 Å². The minimum Gasteiger partial charge on any atom is -0.321 e. The van der Waals surface area contributed by atoms with Crippen molar-refractivity contribution in [3.63, 3.8) is 0 Å². The van der Waals surface area contributed by atoms with Crippen molar-refractivity contribution in [2.45, 2.75) is 26.3 Å². The SMILES string of the molecule is CCc1ccccc1NC(=O)C[NH+]1CC[NH+]([C@H](C)C(=O)Nc2ccc(Cl)cc2)CC1. The van der Waals surface area contributed by atoms with Gasteiger partial charge in [-0.3, -0.25) is 9.59 Å². The van der Waals surface area contributed by atoms with Crippen molar-refractivity contribution in [2.75, 3.05) is 43.4 Å². The zero-order valence-corrected chi connectivity index (χ0v) is 18.4. The molecule has 6 nitrogen and oxygen atoms in total. The second-order valence-corrected chi connectivity index (χ2v) is 8.30. The quantitative estimate of drug-likeness (QED) is 0.521. The van der Waals surface area contributed by atoms with Crippen molar-refractivity contribution in [1.29, 1.82) is 0 Å². The summed E-state index contributed by atoms with van der Waals surface area (Å²) in [6.07, 6.45) is 0.890. The fourth-order valence-corrected chi connectivity index (χ4v) is 4.00. The summed E-state index contributed by atoms with van der Waals surface area (Å²) in [4.78, 5) is 27.6. The van der Waals surface area contributed by atoms with Crippen LogP contribution in [0.2, 0.25) is 5.02 Å². The number of hydrogen-bond donors (Lipinski definition) is 4. The number of hydrogen-bond acceptors (Lipinski definition) is 2. The Bertz CT molecular complexity index is 864. The van der Waals surface area contributed by atoms with Crippen molar-refractivity contribution in [3.8, 4) is 0 Å². The summed E-state index contributed by atoms with van der Waals surface area (Å²) >= 11 is 5.89. The van der Waals surface area contributed by atoms with Gasteiger partial charge in [-0.25, -0.2) is 0 Å². The number of para-hydroxylation sites is 1. The van der Waals surface area contributed by atoms with Gasteiger partial charge in [0.1, 0.15) is 26.2 Å². The number of halogens is 1. The van der Waals surface area contributed by atoms with Crippen LogP contribution in [0.4, 0.5) is 11.4 Å². The van der Waals surface area contributed by atoms with Crippen LogP contribution in [0, 0.1) is 0 Å². The lowest BCUT2D eigenvalue weighted by Gasteiger charge is -2.32. The molecule has 4 N–H and O–H groups in total. The number of aryl methyl sites for hydroxylation is 1. The predicted molar refractivity (Wildman–Crippen MR) is 120 cm³/mol. The number of carbonyl (C=O) groups excluding carboxylic acids is 2. The maximum atomic E-state index is 12.6. The Hall–Kier alpha value is -2.41. The van der Waals surface area contributed by atoms with Gasteiger partial charge in [-0.1, -0.05) is 36.7 Å². The van der Waals surface area contributed by atoms with Crippen LogP contribution in [0.1, 0.15) is 19.4 Å². The van der Waals surface area contributed by atoms with Crippen LogP contribution in [0.5, 0.6) is 0 Å². The van der Waals surface area contributed by atoms with E-state index in [1.165, 1.54) is 9.80 Å². The Balaban J connectivity index is 1.45. The van der Waals surface area contributed by atoms with Crippen molar-refractivity contribution in [3.05, 3.63) is 59.1 Å². The van der Waals surface area contributed by atoms with Gasteiger partial charge in [0.15, 0.2) is 12.6 Å². The van der Waals surface area contributed by atoms with Crippen LogP contribution >= 0.6 is 11.6 Å². The molecule has 1 heterocycles. The highest BCUT2D eigenvalue weighted by molar-refractivity contribution is 6.30. The molecule has 3 rings (SSSR count). The van der Waals surface area contributed by atoms with Gasteiger partial charge in [-0.15, -0.1) is 0 Å². The second-order valence-electron chi connectivity index (χ2n) is 7.86. The van der Waals surface area contributed by atoms with E-state index in [9.17, 15) is 9.59 Å². The lowest BCUT2D eigenvalue weighted by molar-refractivity contribution is -1.01. The number of piperazine rings is 1. The van der Waals surface area contributed by atoms with Crippen LogP contribution in [0.25, 0.3) is 0 Å². The molecular formula is C23H31ClN4O2+2. The molecule has 0 radical (unpaired) electrons. The fraction of sp³-hybridized carbons (Fsp3) is 0.391. The summed E-state index contributed by atoms with van der Waals surface area (Å²) < 4.78 is 0. The number of anilines is 2. The highest BCUT2D eigenvalue weighted by Gasteiger charge is 2.31. The topological polar surface area (TPSA) is 67.1 Å². The van der Waals surface area contributed by atoms with Crippen LogP contribution in [0.15, 0.2) is 48.5 Å². The Labute approximate surface area is 183 Å². The minimum absolute atomic E-state index is 0.00434. The molecular weight excluding hydrogens is 400 g/mol. The average molecular weight is 431 g/mol. The van der Waals surface area contributed by atoms with Gasteiger partial charge in [0.2, 0.25) is 0 Å². The van der Waals surface area contributed by atoms with E-state index in [1.54, 1.807) is 24.3 Å². The molecule has 0 spiro atoms. The predicted octanol–water partition coefficient (Wildman–Crippen LogP) is 0.652. The first-order valence-electron chi connectivity index (χ1n) is 10.6. The summed E-state index contributed by atoms with van der Waals surface area (Å²) in [5, 5.41) is 6.66. The second kappa shape index (κ2) is 10.6. The summed E-state index contributed by atoms with van der Waals surface area (Å²) in [7, 11) is 0. The minimum atomic E-state index is -0.146. The monoisotopic (exact) mass is 430 g/mol. The van der Waals surface area contributed by atoms with Gasteiger partial charge >= 0.3 is 0 Å². The average Bonchev–Trinajstić information content (AvgIpc) is 2.75. The van der Waals surface area contributed by atoms with Gasteiger partial charge < -0.3 is 20.4 Å². The highest BCUT2D eigenvalue weighted by Crippen LogP contribution is 2.15. The molecule has 7 heteroatoms. The smallest absolute Gasteiger partial charge is 0.282 e. The van der Waals surface area contributed by atoms with Crippen LogP contribution < -0.4 is 20.4 Å². The fourth-order valence-electron chi connectivity index (χ4n) is 3.88. The lowest BCUT2D eigenvalue weighted by atomic mass is 10.1. The van der Waals surface area contributed by atoms with E-state index in [0.29, 0.717) is 11.6 Å². The van der Waals surface area contributed by atoms with E-state index in [4.69, 9.17) is 11.6 Å². The normalized spacial score (nSPS) is 19.7.